The molecule has 0 aliphatic carbocycles. The number of hydrogen-bond acceptors (Lipinski definition) is 7. The molecule has 0 saturated heterocycles. The van der Waals surface area contributed by atoms with Gasteiger partial charge in [0.25, 0.3) is 5.69 Å². The van der Waals surface area contributed by atoms with Gasteiger partial charge >= 0.3 is 11.9 Å². The molecule has 20 heavy (non-hydrogen) atoms. The number of methoxy groups -OCH3 is 1. The number of nitrogens with zero attached hydrogens (tertiary/aromatic N) is 1. The van der Waals surface area contributed by atoms with E-state index >= 15 is 0 Å². The molecule has 0 radical (unpaired) electrons. The fourth-order valence-corrected chi connectivity index (χ4v) is 1.50. The first-order valence-corrected chi connectivity index (χ1v) is 5.25. The van der Waals surface area contributed by atoms with Gasteiger partial charge in [0.2, 0.25) is 0 Å². The van der Waals surface area contributed by atoms with Gasteiger partial charge in [-0.2, -0.15) is 0 Å². The highest BCUT2D eigenvalue weighted by Gasteiger charge is 2.31. The zero-order valence-electron chi connectivity index (χ0n) is 10.2. The number of esters is 1. The number of nitro benzene ring substituents is 1. The van der Waals surface area contributed by atoms with E-state index in [-0.39, 0.29) is 5.56 Å². The number of hydrogen-bond donors (Lipinski definition) is 3. The molecule has 2 unspecified atom stereocenters. The summed E-state index contributed by atoms with van der Waals surface area (Å²) in [5, 5.41) is 38.3. The van der Waals surface area contributed by atoms with Crippen LogP contribution in [0.5, 0.6) is 0 Å². The number of aliphatic carboxylic acids is 1. The molecule has 3 N–H and O–H groups in total. The lowest BCUT2D eigenvalue weighted by molar-refractivity contribution is -0.386. The van der Waals surface area contributed by atoms with Crippen LogP contribution >= 0.6 is 0 Å². The van der Waals surface area contributed by atoms with Gasteiger partial charge in [0, 0.05) is 6.07 Å². The lowest BCUT2D eigenvalue weighted by Crippen LogP contribution is -2.28. The molecule has 1 rings (SSSR count). The average molecular weight is 285 g/mol. The molecule has 0 aliphatic rings. The van der Waals surface area contributed by atoms with Crippen molar-refractivity contribution < 1.29 is 34.6 Å². The van der Waals surface area contributed by atoms with Crippen molar-refractivity contribution in [2.24, 2.45) is 0 Å². The summed E-state index contributed by atoms with van der Waals surface area (Å²) in [6, 6.07) is 2.94. The van der Waals surface area contributed by atoms with Crippen molar-refractivity contribution in [1.29, 1.82) is 0 Å². The fraction of sp³-hybridized carbons (Fsp3) is 0.273. The first kappa shape index (κ1) is 15.5. The van der Waals surface area contributed by atoms with E-state index in [1.165, 1.54) is 0 Å². The van der Waals surface area contributed by atoms with Crippen LogP contribution in [-0.2, 0) is 9.53 Å². The maximum Gasteiger partial charge on any atom is 0.338 e. The second-order valence-electron chi connectivity index (χ2n) is 3.75. The minimum atomic E-state index is -2.22. The summed E-state index contributed by atoms with van der Waals surface area (Å²) < 4.78 is 4.39. The van der Waals surface area contributed by atoms with Crippen molar-refractivity contribution in [2.45, 2.75) is 12.2 Å². The number of nitro groups is 1. The number of benzene rings is 1. The van der Waals surface area contributed by atoms with Crippen LogP contribution in [0.4, 0.5) is 5.69 Å². The Kier molecular flexibility index (Phi) is 4.73. The molecule has 0 aliphatic heterocycles. The molecule has 0 spiro atoms. The van der Waals surface area contributed by atoms with Gasteiger partial charge in [0.15, 0.2) is 6.10 Å². The highest BCUT2D eigenvalue weighted by molar-refractivity contribution is 5.90. The first-order valence-electron chi connectivity index (χ1n) is 5.25. The average Bonchev–Trinajstić information content (AvgIpc) is 2.43. The molecule has 0 aromatic heterocycles. The molecule has 0 saturated carbocycles. The lowest BCUT2D eigenvalue weighted by Gasteiger charge is -2.14. The zero-order valence-corrected chi connectivity index (χ0v) is 10.2. The number of carbonyl (C=O) groups excluding carboxylic acids is 1. The van der Waals surface area contributed by atoms with Crippen molar-refractivity contribution in [3.05, 3.63) is 39.4 Å². The van der Waals surface area contributed by atoms with Gasteiger partial charge in [-0.3, -0.25) is 10.1 Å². The Labute approximate surface area is 112 Å². The molecule has 1 aromatic carbocycles. The summed E-state index contributed by atoms with van der Waals surface area (Å²) in [5.41, 5.74) is -1.25. The summed E-state index contributed by atoms with van der Waals surface area (Å²) >= 11 is 0. The molecule has 108 valence electrons. The van der Waals surface area contributed by atoms with Gasteiger partial charge in [-0.15, -0.1) is 0 Å². The summed E-state index contributed by atoms with van der Waals surface area (Å²) in [4.78, 5) is 31.8. The number of carboxylic acids is 1. The lowest BCUT2D eigenvalue weighted by atomic mass is 10.0. The third kappa shape index (κ3) is 3.08. The van der Waals surface area contributed by atoms with Crippen molar-refractivity contribution in [1.82, 2.24) is 0 Å². The summed E-state index contributed by atoms with van der Waals surface area (Å²) in [6.07, 6.45) is -4.22. The molecule has 2 atom stereocenters. The number of aliphatic hydroxyl groups is 2. The van der Waals surface area contributed by atoms with Crippen LogP contribution in [-0.4, -0.2) is 45.4 Å². The Morgan fingerprint density at radius 2 is 1.95 bits per heavy atom. The Morgan fingerprint density at radius 3 is 2.40 bits per heavy atom. The third-order valence-corrected chi connectivity index (χ3v) is 2.52. The maximum atomic E-state index is 11.3. The van der Waals surface area contributed by atoms with Gasteiger partial charge in [0.05, 0.1) is 23.2 Å². The highest BCUT2D eigenvalue weighted by Crippen LogP contribution is 2.28. The van der Waals surface area contributed by atoms with E-state index in [4.69, 9.17) is 5.11 Å². The molecule has 0 fully saturated rings. The van der Waals surface area contributed by atoms with Gasteiger partial charge in [0.1, 0.15) is 6.10 Å². The monoisotopic (exact) mass is 285 g/mol. The van der Waals surface area contributed by atoms with Crippen molar-refractivity contribution in [3.8, 4) is 0 Å². The van der Waals surface area contributed by atoms with Crippen LogP contribution in [0.2, 0.25) is 0 Å². The Bertz CT molecular complexity index is 555. The second kappa shape index (κ2) is 6.08. The molecular formula is C11H11NO8. The van der Waals surface area contributed by atoms with Crippen LogP contribution in [0.3, 0.4) is 0 Å². The Morgan fingerprint density at radius 1 is 1.35 bits per heavy atom. The Hall–Kier alpha value is -2.52. The molecule has 9 heteroatoms. The minimum absolute atomic E-state index is 0.139. The molecular weight excluding hydrogens is 274 g/mol. The van der Waals surface area contributed by atoms with Crippen molar-refractivity contribution >= 4 is 17.6 Å². The van der Waals surface area contributed by atoms with Crippen LogP contribution in [0.15, 0.2) is 18.2 Å². The van der Waals surface area contributed by atoms with Gasteiger partial charge in [-0.25, -0.2) is 9.59 Å². The van der Waals surface area contributed by atoms with E-state index in [0.717, 1.165) is 25.3 Å². The van der Waals surface area contributed by atoms with Crippen LogP contribution in [0, 0.1) is 10.1 Å². The Balaban J connectivity index is 3.30. The third-order valence-electron chi connectivity index (χ3n) is 2.52. The fourth-order valence-electron chi connectivity index (χ4n) is 1.50. The number of carbonyl (C=O) groups is 2. The van der Waals surface area contributed by atoms with Crippen molar-refractivity contribution in [3.63, 3.8) is 0 Å². The van der Waals surface area contributed by atoms with E-state index in [0.29, 0.717) is 0 Å². The zero-order chi connectivity index (χ0) is 15.4. The number of carboxylic acid groups (broad SMARTS) is 1. The van der Waals surface area contributed by atoms with E-state index in [2.05, 4.69) is 4.74 Å². The predicted molar refractivity (Wildman–Crippen MR) is 63.0 cm³/mol. The smallest absolute Gasteiger partial charge is 0.338 e. The minimum Gasteiger partial charge on any atom is -0.479 e. The number of rotatable bonds is 5. The van der Waals surface area contributed by atoms with Gasteiger partial charge in [-0.1, -0.05) is 0 Å². The quantitative estimate of drug-likeness (QED) is 0.384. The SMILES string of the molecule is COC(=O)c1ccc(C(O)C(O)C(=O)O)c([N+](=O)[O-])c1. The van der Waals surface area contributed by atoms with Crippen molar-refractivity contribution in [2.75, 3.05) is 7.11 Å². The highest BCUT2D eigenvalue weighted by atomic mass is 16.6. The summed E-state index contributed by atoms with van der Waals surface area (Å²) in [6.45, 7) is 0. The normalized spacial score (nSPS) is 13.3. The van der Waals surface area contributed by atoms with Crippen LogP contribution < -0.4 is 0 Å². The molecule has 0 bridgehead atoms. The first-order chi connectivity index (χ1) is 9.29. The summed E-state index contributed by atoms with van der Waals surface area (Å²) in [7, 11) is 1.09. The second-order valence-corrected chi connectivity index (χ2v) is 3.75. The summed E-state index contributed by atoms with van der Waals surface area (Å²) in [5.74, 6) is -2.56. The predicted octanol–water partition coefficient (Wildman–Crippen LogP) is -0.140. The van der Waals surface area contributed by atoms with Crippen LogP contribution in [0.25, 0.3) is 0 Å². The van der Waals surface area contributed by atoms with E-state index in [1.807, 2.05) is 0 Å². The molecule has 1 aromatic rings. The number of ether oxygens (including phenoxy) is 1. The topological polar surface area (TPSA) is 147 Å². The van der Waals surface area contributed by atoms with Gasteiger partial charge < -0.3 is 20.1 Å². The molecule has 9 nitrogen and oxygen atoms in total. The van der Waals surface area contributed by atoms with E-state index in [1.54, 1.807) is 0 Å². The largest absolute Gasteiger partial charge is 0.479 e. The number of aliphatic hydroxyl groups excluding tert-OH is 2. The standard InChI is InChI=1S/C11H11NO8/c1-20-11(17)5-2-3-6(7(4-5)12(18)19)8(13)9(14)10(15)16/h2-4,8-9,13-14H,1H3,(H,15,16). The molecule has 0 heterocycles. The van der Waals surface area contributed by atoms with E-state index < -0.39 is 40.3 Å². The molecule has 0 amide bonds. The van der Waals surface area contributed by atoms with E-state index in [9.17, 15) is 29.9 Å². The maximum absolute atomic E-state index is 11.3. The van der Waals surface area contributed by atoms with Crippen LogP contribution in [0.1, 0.15) is 22.0 Å². The van der Waals surface area contributed by atoms with Gasteiger partial charge in [-0.05, 0) is 12.1 Å².